The zero-order valence-electron chi connectivity index (χ0n) is 13.0. The van der Waals surface area contributed by atoms with Crippen LogP contribution >= 0.6 is 0 Å². The van der Waals surface area contributed by atoms with E-state index in [0.717, 1.165) is 5.92 Å². The average Bonchev–Trinajstić information content (AvgIpc) is 3.11. The minimum Gasteiger partial charge on any atom is -0.296 e. The van der Waals surface area contributed by atoms with Gasteiger partial charge in [-0.2, -0.15) is 0 Å². The monoisotopic (exact) mass is 267 g/mol. The Morgan fingerprint density at radius 1 is 1.05 bits per heavy atom. The van der Waals surface area contributed by atoms with E-state index in [1.807, 2.05) is 0 Å². The second-order valence-electron chi connectivity index (χ2n) is 6.64. The second-order valence-corrected chi connectivity index (χ2v) is 6.64. The highest BCUT2D eigenvalue weighted by molar-refractivity contribution is 5.04. The predicted octanol–water partition coefficient (Wildman–Crippen LogP) is 3.05. The Labute approximate surface area is 119 Å². The number of hydrazine groups is 1. The SMILES string of the molecule is CCC(CC)CC(NN)C1(N2CCCC2)CCCC1. The van der Waals surface area contributed by atoms with Gasteiger partial charge >= 0.3 is 0 Å². The Bertz CT molecular complexity index is 251. The van der Waals surface area contributed by atoms with Crippen molar-refractivity contribution < 1.29 is 0 Å². The van der Waals surface area contributed by atoms with Gasteiger partial charge in [-0.3, -0.25) is 16.2 Å². The molecule has 3 N–H and O–H groups in total. The fourth-order valence-electron chi connectivity index (χ4n) is 4.43. The van der Waals surface area contributed by atoms with Crippen molar-refractivity contribution in [2.75, 3.05) is 13.1 Å². The lowest BCUT2D eigenvalue weighted by atomic mass is 9.80. The molecule has 0 aromatic heterocycles. The molecule has 0 radical (unpaired) electrons. The van der Waals surface area contributed by atoms with E-state index < -0.39 is 0 Å². The minimum atomic E-state index is 0.369. The molecule has 0 spiro atoms. The largest absolute Gasteiger partial charge is 0.296 e. The topological polar surface area (TPSA) is 41.3 Å². The van der Waals surface area contributed by atoms with Gasteiger partial charge in [-0.15, -0.1) is 0 Å². The van der Waals surface area contributed by atoms with Gasteiger partial charge in [-0.05, 0) is 51.1 Å². The van der Waals surface area contributed by atoms with Crippen molar-refractivity contribution in [3.05, 3.63) is 0 Å². The van der Waals surface area contributed by atoms with Crippen LogP contribution < -0.4 is 11.3 Å². The van der Waals surface area contributed by atoms with Crippen molar-refractivity contribution in [1.82, 2.24) is 10.3 Å². The van der Waals surface area contributed by atoms with Crippen LogP contribution in [0, 0.1) is 5.92 Å². The number of nitrogens with zero attached hydrogens (tertiary/aromatic N) is 1. The molecule has 1 saturated carbocycles. The van der Waals surface area contributed by atoms with Gasteiger partial charge in [0.2, 0.25) is 0 Å². The average molecular weight is 267 g/mol. The molecule has 112 valence electrons. The molecule has 2 aliphatic rings. The normalized spacial score (nSPS) is 25.3. The van der Waals surface area contributed by atoms with E-state index in [0.29, 0.717) is 11.6 Å². The highest BCUT2D eigenvalue weighted by Crippen LogP contribution is 2.42. The number of nitrogens with one attached hydrogen (secondary N) is 1. The van der Waals surface area contributed by atoms with E-state index >= 15 is 0 Å². The third-order valence-electron chi connectivity index (χ3n) is 5.78. The summed E-state index contributed by atoms with van der Waals surface area (Å²) < 4.78 is 0. The van der Waals surface area contributed by atoms with Crippen LogP contribution in [0.1, 0.15) is 71.6 Å². The van der Waals surface area contributed by atoms with Crippen molar-refractivity contribution in [2.45, 2.75) is 83.2 Å². The molecule has 1 aliphatic carbocycles. The molecular formula is C16H33N3. The van der Waals surface area contributed by atoms with Crippen LogP contribution in [0.4, 0.5) is 0 Å². The van der Waals surface area contributed by atoms with Gasteiger partial charge in [-0.1, -0.05) is 39.5 Å². The Kier molecular flexibility index (Phi) is 5.67. The fraction of sp³-hybridized carbons (Fsp3) is 1.00. The third-order valence-corrected chi connectivity index (χ3v) is 5.78. The Hall–Kier alpha value is -0.120. The van der Waals surface area contributed by atoms with E-state index in [2.05, 4.69) is 24.2 Å². The van der Waals surface area contributed by atoms with Gasteiger partial charge in [0.25, 0.3) is 0 Å². The van der Waals surface area contributed by atoms with E-state index in [1.54, 1.807) is 0 Å². The minimum absolute atomic E-state index is 0.369. The van der Waals surface area contributed by atoms with Gasteiger partial charge in [0.05, 0.1) is 0 Å². The number of likely N-dealkylation sites (tertiary alicyclic amines) is 1. The van der Waals surface area contributed by atoms with Gasteiger partial charge in [-0.25, -0.2) is 0 Å². The smallest absolute Gasteiger partial charge is 0.0397 e. The molecular weight excluding hydrogens is 234 g/mol. The Morgan fingerprint density at radius 3 is 2.11 bits per heavy atom. The standard InChI is InChI=1S/C16H33N3/c1-3-14(4-2)13-15(18-17)16(9-5-6-10-16)19-11-7-8-12-19/h14-15,18H,3-13,17H2,1-2H3. The quantitative estimate of drug-likeness (QED) is 0.550. The molecule has 1 unspecified atom stereocenters. The summed E-state index contributed by atoms with van der Waals surface area (Å²) in [4.78, 5) is 2.77. The number of rotatable bonds is 7. The number of hydrogen-bond donors (Lipinski definition) is 2. The van der Waals surface area contributed by atoms with Crippen molar-refractivity contribution in [3.8, 4) is 0 Å². The Morgan fingerprint density at radius 2 is 1.63 bits per heavy atom. The highest BCUT2D eigenvalue weighted by Gasteiger charge is 2.46. The zero-order valence-corrected chi connectivity index (χ0v) is 13.0. The van der Waals surface area contributed by atoms with Gasteiger partial charge in [0, 0.05) is 11.6 Å². The second kappa shape index (κ2) is 7.05. The summed E-state index contributed by atoms with van der Waals surface area (Å²) >= 11 is 0. The van der Waals surface area contributed by atoms with Crippen molar-refractivity contribution in [3.63, 3.8) is 0 Å². The predicted molar refractivity (Wildman–Crippen MR) is 81.8 cm³/mol. The highest BCUT2D eigenvalue weighted by atomic mass is 15.3. The molecule has 1 heterocycles. The number of nitrogens with two attached hydrogens (primary N) is 1. The molecule has 1 aliphatic heterocycles. The molecule has 0 aromatic rings. The van der Waals surface area contributed by atoms with E-state index in [1.165, 1.54) is 70.9 Å². The van der Waals surface area contributed by atoms with Crippen molar-refractivity contribution in [2.24, 2.45) is 11.8 Å². The lowest BCUT2D eigenvalue weighted by Crippen LogP contribution is -2.61. The Balaban J connectivity index is 2.10. The molecule has 0 amide bonds. The van der Waals surface area contributed by atoms with Crippen LogP contribution in [0.25, 0.3) is 0 Å². The van der Waals surface area contributed by atoms with Crippen LogP contribution in [0.2, 0.25) is 0 Å². The lowest BCUT2D eigenvalue weighted by Gasteiger charge is -2.46. The van der Waals surface area contributed by atoms with Gasteiger partial charge < -0.3 is 0 Å². The van der Waals surface area contributed by atoms with Crippen LogP contribution in [0.15, 0.2) is 0 Å². The molecule has 1 saturated heterocycles. The van der Waals surface area contributed by atoms with Crippen LogP contribution in [0.3, 0.4) is 0 Å². The van der Waals surface area contributed by atoms with E-state index in [4.69, 9.17) is 5.84 Å². The first-order chi connectivity index (χ1) is 9.26. The lowest BCUT2D eigenvalue weighted by molar-refractivity contribution is 0.0647. The zero-order chi connectivity index (χ0) is 13.7. The first-order valence-corrected chi connectivity index (χ1v) is 8.48. The first-order valence-electron chi connectivity index (χ1n) is 8.48. The summed E-state index contributed by atoms with van der Waals surface area (Å²) in [6.07, 6.45) is 12.0. The summed E-state index contributed by atoms with van der Waals surface area (Å²) in [5.41, 5.74) is 3.59. The van der Waals surface area contributed by atoms with Crippen molar-refractivity contribution in [1.29, 1.82) is 0 Å². The molecule has 2 rings (SSSR count). The maximum atomic E-state index is 5.99. The van der Waals surface area contributed by atoms with Crippen LogP contribution in [0.5, 0.6) is 0 Å². The molecule has 1 atom stereocenters. The fourth-order valence-corrected chi connectivity index (χ4v) is 4.43. The summed E-state index contributed by atoms with van der Waals surface area (Å²) in [5.74, 6) is 6.81. The third kappa shape index (κ3) is 3.14. The number of hydrogen-bond acceptors (Lipinski definition) is 3. The van der Waals surface area contributed by atoms with Crippen LogP contribution in [-0.4, -0.2) is 29.6 Å². The van der Waals surface area contributed by atoms with E-state index in [9.17, 15) is 0 Å². The molecule has 0 bridgehead atoms. The van der Waals surface area contributed by atoms with Crippen molar-refractivity contribution >= 4 is 0 Å². The van der Waals surface area contributed by atoms with Crippen LogP contribution in [-0.2, 0) is 0 Å². The summed E-state index contributed by atoms with van der Waals surface area (Å²) in [7, 11) is 0. The molecule has 3 nitrogen and oxygen atoms in total. The van der Waals surface area contributed by atoms with Gasteiger partial charge in [0.15, 0.2) is 0 Å². The summed E-state index contributed by atoms with van der Waals surface area (Å²) in [6, 6.07) is 0.484. The first kappa shape index (κ1) is 15.3. The van der Waals surface area contributed by atoms with Gasteiger partial charge in [0.1, 0.15) is 0 Å². The maximum absolute atomic E-state index is 5.99. The molecule has 2 fully saturated rings. The molecule has 0 aromatic carbocycles. The molecule has 3 heteroatoms. The molecule has 19 heavy (non-hydrogen) atoms. The van der Waals surface area contributed by atoms with E-state index in [-0.39, 0.29) is 0 Å². The maximum Gasteiger partial charge on any atom is 0.0397 e. The summed E-state index contributed by atoms with van der Waals surface area (Å²) in [6.45, 7) is 7.22. The summed E-state index contributed by atoms with van der Waals surface area (Å²) in [5, 5.41) is 0.